The van der Waals surface area contributed by atoms with Crippen molar-refractivity contribution in [1.82, 2.24) is 5.32 Å². The van der Waals surface area contributed by atoms with Crippen molar-refractivity contribution in [3.8, 4) is 0 Å². The molecule has 0 spiro atoms. The van der Waals surface area contributed by atoms with Crippen LogP contribution in [-0.4, -0.2) is 13.1 Å². The summed E-state index contributed by atoms with van der Waals surface area (Å²) in [5.74, 6) is 1.38. The van der Waals surface area contributed by atoms with Crippen molar-refractivity contribution in [2.45, 2.75) is 19.4 Å². The van der Waals surface area contributed by atoms with Gasteiger partial charge in [-0.05, 0) is 42.5 Å². The Hall–Kier alpha value is -0.450. The Labute approximate surface area is 110 Å². The average Bonchev–Trinajstić information content (AvgIpc) is 2.98. The van der Waals surface area contributed by atoms with E-state index in [1.807, 2.05) is 0 Å². The molecule has 1 aromatic rings. The minimum atomic E-state index is -0.229. The molecule has 3 atom stereocenters. The fraction of sp³-hybridized carbons (Fsp3) is 0.538. The molecule has 0 aromatic heterocycles. The first-order valence-electron chi connectivity index (χ1n) is 6.00. The SMILES string of the molecule is CC1CC1CNC(CN)c1ccc(F)cc1Br. The quantitative estimate of drug-likeness (QED) is 0.877. The fourth-order valence-corrected chi connectivity index (χ4v) is 2.71. The molecule has 3 unspecified atom stereocenters. The molecule has 0 saturated heterocycles. The topological polar surface area (TPSA) is 38.0 Å². The van der Waals surface area contributed by atoms with E-state index in [2.05, 4.69) is 28.2 Å². The van der Waals surface area contributed by atoms with E-state index < -0.39 is 0 Å². The van der Waals surface area contributed by atoms with Crippen molar-refractivity contribution in [1.29, 1.82) is 0 Å². The van der Waals surface area contributed by atoms with Crippen LogP contribution in [0.4, 0.5) is 4.39 Å². The molecule has 0 bridgehead atoms. The van der Waals surface area contributed by atoms with Crippen LogP contribution < -0.4 is 11.1 Å². The molecule has 0 radical (unpaired) electrons. The first kappa shape index (κ1) is 13.0. The van der Waals surface area contributed by atoms with Gasteiger partial charge in [0.2, 0.25) is 0 Å². The van der Waals surface area contributed by atoms with Gasteiger partial charge in [-0.1, -0.05) is 28.9 Å². The van der Waals surface area contributed by atoms with Gasteiger partial charge in [0.05, 0.1) is 0 Å². The predicted octanol–water partition coefficient (Wildman–Crippen LogP) is 2.83. The van der Waals surface area contributed by atoms with E-state index in [0.717, 1.165) is 28.4 Å². The van der Waals surface area contributed by atoms with Gasteiger partial charge in [0, 0.05) is 17.1 Å². The molecular weight excluding hydrogens is 283 g/mol. The van der Waals surface area contributed by atoms with Gasteiger partial charge in [-0.25, -0.2) is 4.39 Å². The van der Waals surface area contributed by atoms with Gasteiger partial charge in [-0.3, -0.25) is 0 Å². The van der Waals surface area contributed by atoms with Crippen molar-refractivity contribution in [3.05, 3.63) is 34.1 Å². The van der Waals surface area contributed by atoms with E-state index in [1.54, 1.807) is 6.07 Å². The Balaban J connectivity index is 2.00. The molecule has 1 aliphatic rings. The second kappa shape index (κ2) is 5.46. The molecule has 1 aromatic carbocycles. The summed E-state index contributed by atoms with van der Waals surface area (Å²) in [4.78, 5) is 0. The highest BCUT2D eigenvalue weighted by molar-refractivity contribution is 9.10. The maximum absolute atomic E-state index is 13.0. The van der Waals surface area contributed by atoms with Gasteiger partial charge in [0.25, 0.3) is 0 Å². The molecule has 0 amide bonds. The van der Waals surface area contributed by atoms with Gasteiger partial charge in [0.15, 0.2) is 0 Å². The van der Waals surface area contributed by atoms with E-state index in [4.69, 9.17) is 5.73 Å². The highest BCUT2D eigenvalue weighted by Crippen LogP contribution is 2.37. The Morgan fingerprint density at radius 1 is 1.59 bits per heavy atom. The third-order valence-electron chi connectivity index (χ3n) is 3.48. The molecule has 1 saturated carbocycles. The van der Waals surface area contributed by atoms with Gasteiger partial charge < -0.3 is 11.1 Å². The minimum Gasteiger partial charge on any atom is -0.329 e. The molecule has 3 N–H and O–H groups in total. The largest absolute Gasteiger partial charge is 0.329 e. The van der Waals surface area contributed by atoms with Gasteiger partial charge >= 0.3 is 0 Å². The number of benzene rings is 1. The molecule has 1 aliphatic carbocycles. The van der Waals surface area contributed by atoms with Crippen LogP contribution >= 0.6 is 15.9 Å². The van der Waals surface area contributed by atoms with Crippen LogP contribution in [0.1, 0.15) is 24.9 Å². The van der Waals surface area contributed by atoms with Crippen molar-refractivity contribution >= 4 is 15.9 Å². The van der Waals surface area contributed by atoms with Crippen molar-refractivity contribution in [3.63, 3.8) is 0 Å². The Morgan fingerprint density at radius 2 is 2.29 bits per heavy atom. The lowest BCUT2D eigenvalue weighted by Crippen LogP contribution is -2.30. The smallest absolute Gasteiger partial charge is 0.124 e. The molecular formula is C13H18BrFN2. The second-order valence-electron chi connectivity index (χ2n) is 4.84. The van der Waals surface area contributed by atoms with E-state index in [9.17, 15) is 4.39 Å². The predicted molar refractivity (Wildman–Crippen MR) is 71.2 cm³/mol. The van der Waals surface area contributed by atoms with E-state index in [0.29, 0.717) is 6.54 Å². The molecule has 0 heterocycles. The standard InChI is InChI=1S/C13H18BrFN2/c1-8-4-9(8)7-17-13(6-16)11-3-2-10(15)5-12(11)14/h2-3,5,8-9,13,17H,4,6-7,16H2,1H3. The molecule has 2 nitrogen and oxygen atoms in total. The number of nitrogens with two attached hydrogens (primary N) is 1. The van der Waals surface area contributed by atoms with Crippen molar-refractivity contribution < 1.29 is 4.39 Å². The Bertz CT molecular complexity index is 397. The third-order valence-corrected chi connectivity index (χ3v) is 4.16. The van der Waals surface area contributed by atoms with E-state index in [-0.39, 0.29) is 11.9 Å². The van der Waals surface area contributed by atoms with E-state index >= 15 is 0 Å². The summed E-state index contributed by atoms with van der Waals surface area (Å²) in [5, 5.41) is 3.46. The van der Waals surface area contributed by atoms with Crippen molar-refractivity contribution in [2.24, 2.45) is 17.6 Å². The zero-order valence-corrected chi connectivity index (χ0v) is 11.5. The highest BCUT2D eigenvalue weighted by Gasteiger charge is 2.32. The van der Waals surface area contributed by atoms with Gasteiger partial charge in [-0.15, -0.1) is 0 Å². The number of nitrogens with one attached hydrogen (secondary N) is 1. The lowest BCUT2D eigenvalue weighted by molar-refractivity contribution is 0.509. The molecule has 2 rings (SSSR count). The van der Waals surface area contributed by atoms with Crippen LogP contribution in [0.15, 0.2) is 22.7 Å². The van der Waals surface area contributed by atoms with Crippen LogP contribution in [-0.2, 0) is 0 Å². The zero-order chi connectivity index (χ0) is 12.4. The summed E-state index contributed by atoms with van der Waals surface area (Å²) in [6.45, 7) is 3.77. The summed E-state index contributed by atoms with van der Waals surface area (Å²) in [7, 11) is 0. The van der Waals surface area contributed by atoms with E-state index in [1.165, 1.54) is 18.6 Å². The maximum Gasteiger partial charge on any atom is 0.124 e. The minimum absolute atomic E-state index is 0.0952. The third kappa shape index (κ3) is 3.27. The number of rotatable bonds is 5. The number of hydrogen-bond donors (Lipinski definition) is 2. The highest BCUT2D eigenvalue weighted by atomic mass is 79.9. The van der Waals surface area contributed by atoms with Crippen LogP contribution in [0.2, 0.25) is 0 Å². The number of hydrogen-bond acceptors (Lipinski definition) is 2. The summed E-state index contributed by atoms with van der Waals surface area (Å²) in [6, 6.07) is 4.85. The van der Waals surface area contributed by atoms with Crippen LogP contribution in [0.3, 0.4) is 0 Å². The molecule has 0 aliphatic heterocycles. The fourth-order valence-electron chi connectivity index (χ4n) is 2.08. The summed E-state index contributed by atoms with van der Waals surface area (Å²) >= 11 is 3.39. The monoisotopic (exact) mass is 300 g/mol. The molecule has 1 fully saturated rings. The maximum atomic E-state index is 13.0. The second-order valence-corrected chi connectivity index (χ2v) is 5.69. The van der Waals surface area contributed by atoms with Crippen molar-refractivity contribution in [2.75, 3.05) is 13.1 Å². The van der Waals surface area contributed by atoms with Crippen LogP contribution in [0.5, 0.6) is 0 Å². The summed E-state index contributed by atoms with van der Waals surface area (Å²) < 4.78 is 13.8. The first-order valence-corrected chi connectivity index (χ1v) is 6.79. The first-order chi connectivity index (χ1) is 8.11. The summed E-state index contributed by atoms with van der Waals surface area (Å²) in [6.07, 6.45) is 1.30. The normalized spacial score (nSPS) is 24.7. The molecule has 4 heteroatoms. The van der Waals surface area contributed by atoms with Crippen LogP contribution in [0, 0.1) is 17.7 Å². The molecule has 17 heavy (non-hydrogen) atoms. The lowest BCUT2D eigenvalue weighted by atomic mass is 10.1. The number of halogens is 2. The molecule has 94 valence electrons. The lowest BCUT2D eigenvalue weighted by Gasteiger charge is -2.18. The van der Waals surface area contributed by atoms with Gasteiger partial charge in [-0.2, -0.15) is 0 Å². The summed E-state index contributed by atoms with van der Waals surface area (Å²) in [5.41, 5.74) is 6.81. The van der Waals surface area contributed by atoms with Gasteiger partial charge in [0.1, 0.15) is 5.82 Å². The zero-order valence-electron chi connectivity index (χ0n) is 9.92. The Morgan fingerprint density at radius 3 is 2.82 bits per heavy atom. The average molecular weight is 301 g/mol. The van der Waals surface area contributed by atoms with Crippen LogP contribution in [0.25, 0.3) is 0 Å². The Kier molecular flexibility index (Phi) is 4.17.